The van der Waals surface area contributed by atoms with Crippen molar-refractivity contribution in [2.75, 3.05) is 6.54 Å². The molecule has 2 bridgehead atoms. The van der Waals surface area contributed by atoms with Gasteiger partial charge >= 0.3 is 0 Å². The van der Waals surface area contributed by atoms with E-state index in [-0.39, 0.29) is 5.91 Å². The van der Waals surface area contributed by atoms with Crippen LogP contribution in [0.4, 0.5) is 0 Å². The molecule has 2 heterocycles. The molecule has 1 aliphatic heterocycles. The second-order valence-electron chi connectivity index (χ2n) is 4.65. The summed E-state index contributed by atoms with van der Waals surface area (Å²) < 4.78 is 0. The van der Waals surface area contributed by atoms with Gasteiger partial charge in [0.15, 0.2) is 0 Å². The molecule has 0 aromatic carbocycles. The molecule has 0 spiro atoms. The van der Waals surface area contributed by atoms with Gasteiger partial charge in [-0.3, -0.25) is 9.78 Å². The monoisotopic (exact) mass is 236 g/mol. The summed E-state index contributed by atoms with van der Waals surface area (Å²) in [7, 11) is 0. The van der Waals surface area contributed by atoms with Crippen LogP contribution in [0.15, 0.2) is 18.3 Å². The Morgan fingerprint density at radius 1 is 1.50 bits per heavy atom. The first-order chi connectivity index (χ1) is 7.74. The topological polar surface area (TPSA) is 33.2 Å². The van der Waals surface area contributed by atoms with Crippen LogP contribution in [0.5, 0.6) is 0 Å². The quantitative estimate of drug-likeness (QED) is 0.750. The Hall–Kier alpha value is -1.09. The molecule has 2 fully saturated rings. The van der Waals surface area contributed by atoms with Gasteiger partial charge in [0.2, 0.25) is 0 Å². The van der Waals surface area contributed by atoms with Crippen molar-refractivity contribution in [3.8, 4) is 0 Å². The number of amides is 1. The van der Waals surface area contributed by atoms with E-state index in [0.717, 1.165) is 13.0 Å². The van der Waals surface area contributed by atoms with E-state index < -0.39 is 0 Å². The molecule has 0 radical (unpaired) electrons. The molecule has 3 nitrogen and oxygen atoms in total. The smallest absolute Gasteiger partial charge is 0.272 e. The normalized spacial score (nSPS) is 27.4. The highest BCUT2D eigenvalue weighted by molar-refractivity contribution is 6.30. The number of hydrogen-bond donors (Lipinski definition) is 0. The zero-order valence-corrected chi connectivity index (χ0v) is 9.65. The molecule has 2 aliphatic rings. The van der Waals surface area contributed by atoms with Crippen molar-refractivity contribution in [1.29, 1.82) is 0 Å². The van der Waals surface area contributed by atoms with Crippen LogP contribution in [0, 0.1) is 5.92 Å². The number of nitrogens with zero attached hydrogens (tertiary/aromatic N) is 2. The number of carbonyl (C=O) groups is 1. The van der Waals surface area contributed by atoms with Crippen LogP contribution in [0.25, 0.3) is 0 Å². The molecule has 3 rings (SSSR count). The molecule has 16 heavy (non-hydrogen) atoms. The molecule has 84 valence electrons. The lowest BCUT2D eigenvalue weighted by molar-refractivity contribution is 0.0697. The predicted molar refractivity (Wildman–Crippen MR) is 61.4 cm³/mol. The Morgan fingerprint density at radius 2 is 2.38 bits per heavy atom. The number of carbonyl (C=O) groups excluding carboxylic acids is 1. The van der Waals surface area contributed by atoms with Crippen LogP contribution in [0.3, 0.4) is 0 Å². The first-order valence-corrected chi connectivity index (χ1v) is 6.04. The van der Waals surface area contributed by atoms with Gasteiger partial charge in [-0.05, 0) is 37.3 Å². The Morgan fingerprint density at radius 3 is 3.00 bits per heavy atom. The number of piperidine rings is 1. The average Bonchev–Trinajstić information content (AvgIpc) is 2.89. The second-order valence-corrected chi connectivity index (χ2v) is 5.09. The molecular weight excluding hydrogens is 224 g/mol. The van der Waals surface area contributed by atoms with E-state index in [1.54, 1.807) is 18.3 Å². The van der Waals surface area contributed by atoms with Crippen LogP contribution in [-0.4, -0.2) is 28.4 Å². The molecule has 1 saturated heterocycles. The molecule has 1 aromatic heterocycles. The summed E-state index contributed by atoms with van der Waals surface area (Å²) in [5.41, 5.74) is 0.472. The van der Waals surface area contributed by atoms with Gasteiger partial charge in [-0.2, -0.15) is 0 Å². The highest BCUT2D eigenvalue weighted by Crippen LogP contribution is 2.37. The highest BCUT2D eigenvalue weighted by atomic mass is 35.5. The molecule has 0 N–H and O–H groups in total. The van der Waals surface area contributed by atoms with Crippen molar-refractivity contribution in [2.24, 2.45) is 5.92 Å². The number of hydrogen-bond acceptors (Lipinski definition) is 2. The Bertz CT molecular complexity index is 435. The van der Waals surface area contributed by atoms with E-state index in [1.165, 1.54) is 12.8 Å². The highest BCUT2D eigenvalue weighted by Gasteiger charge is 2.40. The molecule has 1 aromatic rings. The van der Waals surface area contributed by atoms with Crippen LogP contribution >= 0.6 is 11.6 Å². The summed E-state index contributed by atoms with van der Waals surface area (Å²) in [4.78, 5) is 18.3. The third-order valence-electron chi connectivity index (χ3n) is 3.61. The fourth-order valence-corrected chi connectivity index (χ4v) is 3.00. The molecular formula is C12H13ClN2O. The van der Waals surface area contributed by atoms with Gasteiger partial charge < -0.3 is 4.90 Å². The van der Waals surface area contributed by atoms with Gasteiger partial charge in [0.25, 0.3) is 5.91 Å². The lowest BCUT2D eigenvalue weighted by atomic mass is 10.1. The number of rotatable bonds is 1. The van der Waals surface area contributed by atoms with Crippen LogP contribution in [0.1, 0.15) is 29.8 Å². The summed E-state index contributed by atoms with van der Waals surface area (Å²) in [6.45, 7) is 0.900. The van der Waals surface area contributed by atoms with Crippen molar-refractivity contribution in [3.63, 3.8) is 0 Å². The lowest BCUT2D eigenvalue weighted by Crippen LogP contribution is -2.38. The van der Waals surface area contributed by atoms with E-state index in [9.17, 15) is 4.79 Å². The van der Waals surface area contributed by atoms with Gasteiger partial charge in [0, 0.05) is 23.8 Å². The Balaban J connectivity index is 1.83. The first-order valence-electron chi connectivity index (χ1n) is 5.66. The maximum absolute atomic E-state index is 12.2. The molecule has 2 atom stereocenters. The van der Waals surface area contributed by atoms with Gasteiger partial charge in [-0.1, -0.05) is 11.6 Å². The number of aromatic nitrogens is 1. The fourth-order valence-electron chi connectivity index (χ4n) is 2.84. The summed E-state index contributed by atoms with van der Waals surface area (Å²) in [5, 5.41) is 0.572. The van der Waals surface area contributed by atoms with Gasteiger partial charge in [-0.15, -0.1) is 0 Å². The third-order valence-corrected chi connectivity index (χ3v) is 3.85. The molecule has 1 saturated carbocycles. The van der Waals surface area contributed by atoms with Crippen LogP contribution in [-0.2, 0) is 0 Å². The van der Waals surface area contributed by atoms with Crippen molar-refractivity contribution in [2.45, 2.75) is 25.3 Å². The van der Waals surface area contributed by atoms with Crippen molar-refractivity contribution < 1.29 is 4.79 Å². The van der Waals surface area contributed by atoms with E-state index >= 15 is 0 Å². The van der Waals surface area contributed by atoms with Crippen molar-refractivity contribution >= 4 is 17.5 Å². The maximum Gasteiger partial charge on any atom is 0.272 e. The Kier molecular flexibility index (Phi) is 2.36. The van der Waals surface area contributed by atoms with Crippen molar-refractivity contribution in [1.82, 2.24) is 9.88 Å². The zero-order valence-electron chi connectivity index (χ0n) is 8.90. The lowest BCUT2D eigenvalue weighted by Gasteiger charge is -2.26. The van der Waals surface area contributed by atoms with Crippen LogP contribution in [0.2, 0.25) is 5.02 Å². The number of likely N-dealkylation sites (tertiary alicyclic amines) is 1. The van der Waals surface area contributed by atoms with Gasteiger partial charge in [0.05, 0.1) is 0 Å². The zero-order chi connectivity index (χ0) is 11.1. The van der Waals surface area contributed by atoms with E-state index in [1.807, 2.05) is 4.90 Å². The predicted octanol–water partition coefficient (Wildman–Crippen LogP) is 2.36. The third kappa shape index (κ3) is 1.59. The number of pyridine rings is 1. The maximum atomic E-state index is 12.2. The van der Waals surface area contributed by atoms with E-state index in [4.69, 9.17) is 11.6 Å². The van der Waals surface area contributed by atoms with Crippen molar-refractivity contribution in [3.05, 3.63) is 29.0 Å². The fraction of sp³-hybridized carbons (Fsp3) is 0.500. The summed E-state index contributed by atoms with van der Waals surface area (Å²) in [6.07, 6.45) is 5.19. The van der Waals surface area contributed by atoms with Crippen LogP contribution < -0.4 is 0 Å². The second kappa shape index (κ2) is 3.74. The molecule has 2 unspecified atom stereocenters. The largest absolute Gasteiger partial charge is 0.334 e. The SMILES string of the molecule is O=C(c1cc(Cl)ccn1)N1CC2CCC1C2. The summed E-state index contributed by atoms with van der Waals surface area (Å²) in [5.74, 6) is 0.753. The summed E-state index contributed by atoms with van der Waals surface area (Å²) >= 11 is 5.86. The van der Waals surface area contributed by atoms with Gasteiger partial charge in [-0.25, -0.2) is 0 Å². The number of fused-ring (bicyclic) bond motifs is 2. The molecule has 1 amide bonds. The minimum absolute atomic E-state index is 0.0368. The van der Waals surface area contributed by atoms with E-state index in [0.29, 0.717) is 22.7 Å². The van der Waals surface area contributed by atoms with Gasteiger partial charge in [0.1, 0.15) is 5.69 Å². The Labute approximate surface area is 99.4 Å². The summed E-state index contributed by atoms with van der Waals surface area (Å²) in [6, 6.07) is 3.78. The minimum Gasteiger partial charge on any atom is -0.334 e. The molecule has 1 aliphatic carbocycles. The standard InChI is InChI=1S/C12H13ClN2O/c13-9-3-4-14-11(6-9)12(16)15-7-8-1-2-10(15)5-8/h3-4,6,8,10H,1-2,5,7H2. The molecule has 4 heteroatoms. The first kappa shape index (κ1) is 10.1. The minimum atomic E-state index is 0.0368. The van der Waals surface area contributed by atoms with E-state index in [2.05, 4.69) is 4.98 Å². The number of halogens is 1. The average molecular weight is 237 g/mol.